The number of hydroxylamine groups is 1. The fourth-order valence-corrected chi connectivity index (χ4v) is 1.01. The lowest BCUT2D eigenvalue weighted by atomic mass is 10.2. The summed E-state index contributed by atoms with van der Waals surface area (Å²) in [7, 11) is 0.758. The second kappa shape index (κ2) is 4.95. The van der Waals surface area contributed by atoms with E-state index in [9.17, 15) is 35.6 Å². The Balaban J connectivity index is 5.73. The van der Waals surface area contributed by atoms with Crippen molar-refractivity contribution in [3.63, 3.8) is 0 Å². The molecule has 0 aliphatic rings. The smallest absolute Gasteiger partial charge is 0.589 e. The average molecular weight is 253 g/mol. The maximum absolute atomic E-state index is 11.1. The molecule has 0 spiro atoms. The van der Waals surface area contributed by atoms with Crippen molar-refractivity contribution >= 4 is 0 Å². The summed E-state index contributed by atoms with van der Waals surface area (Å²) in [5.74, 6) is -3.61. The Morgan fingerprint density at radius 3 is 1.76 bits per heavy atom. The summed E-state index contributed by atoms with van der Waals surface area (Å²) >= 11 is 0. The first-order chi connectivity index (χ1) is 7.71. The van der Waals surface area contributed by atoms with Crippen molar-refractivity contribution in [3.05, 3.63) is 35.6 Å². The van der Waals surface area contributed by atoms with Crippen LogP contribution in [-0.4, -0.2) is 38.7 Å². The monoisotopic (exact) mass is 253 g/mol. The van der Waals surface area contributed by atoms with Gasteiger partial charge in [0.2, 0.25) is 0 Å². The molecule has 17 heavy (non-hydrogen) atoms. The van der Waals surface area contributed by atoms with E-state index in [4.69, 9.17) is 0 Å². The molecule has 0 saturated heterocycles. The van der Waals surface area contributed by atoms with E-state index in [0.29, 0.717) is 6.92 Å². The Kier molecular flexibility index (Phi) is 4.19. The molecule has 0 saturated carbocycles. The zero-order chi connectivity index (χ0) is 13.8. The van der Waals surface area contributed by atoms with Crippen molar-refractivity contribution < 1.29 is 24.6 Å². The van der Waals surface area contributed by atoms with Gasteiger partial charge in [-0.3, -0.25) is 25.1 Å². The summed E-state index contributed by atoms with van der Waals surface area (Å²) in [5, 5.41) is 43.6. The van der Waals surface area contributed by atoms with Crippen LogP contribution in [0.1, 0.15) is 6.92 Å². The van der Waals surface area contributed by atoms with Gasteiger partial charge in [0, 0.05) is 0 Å². The molecule has 0 fully saturated rings. The zero-order valence-corrected chi connectivity index (χ0v) is 8.58. The van der Waals surface area contributed by atoms with Gasteiger partial charge >= 0.3 is 11.9 Å². The van der Waals surface area contributed by atoms with Crippen LogP contribution in [0, 0.1) is 35.6 Å². The molecule has 0 bridgehead atoms. The second-order valence-electron chi connectivity index (χ2n) is 2.65. The van der Waals surface area contributed by atoms with Gasteiger partial charge in [-0.25, -0.2) is 0 Å². The summed E-state index contributed by atoms with van der Waals surface area (Å²) in [6.45, 7) is 0.643. The molecule has 96 valence electrons. The fourth-order valence-electron chi connectivity index (χ4n) is 1.01. The lowest BCUT2D eigenvalue weighted by Gasteiger charge is -2.16. The molecule has 0 radical (unpaired) electrons. The van der Waals surface area contributed by atoms with Gasteiger partial charge in [0.25, 0.3) is 5.09 Å². The van der Waals surface area contributed by atoms with Gasteiger partial charge < -0.3 is 5.21 Å². The minimum atomic E-state index is -3.61. The highest BCUT2D eigenvalue weighted by atomic mass is 17.0. The van der Waals surface area contributed by atoms with Crippen molar-refractivity contribution in [3.8, 4) is 0 Å². The summed E-state index contributed by atoms with van der Waals surface area (Å²) in [6.07, 6.45) is -2.26. The average Bonchev–Trinajstić information content (AvgIpc) is 2.15. The molecule has 0 N–H and O–H groups in total. The Bertz CT molecular complexity index is 364. The predicted octanol–water partition coefficient (Wildman–Crippen LogP) is -0.617. The minimum absolute atomic E-state index is 0.643. The van der Waals surface area contributed by atoms with Gasteiger partial charge in [-0.15, -0.1) is 10.1 Å². The van der Waals surface area contributed by atoms with E-state index in [1.165, 1.54) is 0 Å². The third-order valence-corrected chi connectivity index (χ3v) is 1.79. The van der Waals surface area contributed by atoms with Gasteiger partial charge in [0.05, 0.1) is 11.9 Å². The number of hydrogen-bond donors (Lipinski definition) is 0. The second-order valence-corrected chi connectivity index (χ2v) is 2.65. The topological polar surface area (TPSA) is 177 Å². The van der Waals surface area contributed by atoms with E-state index in [-0.39, 0.29) is 0 Å². The van der Waals surface area contributed by atoms with Crippen LogP contribution in [0.5, 0.6) is 0 Å². The highest BCUT2D eigenvalue weighted by Crippen LogP contribution is 2.21. The van der Waals surface area contributed by atoms with Crippen LogP contribution in [0.3, 0.4) is 0 Å². The molecule has 0 aliphatic carbocycles. The maximum Gasteiger partial charge on any atom is 0.707 e. The number of rotatable bonds is 6. The normalized spacial score (nSPS) is 13.9. The van der Waals surface area contributed by atoms with Crippen LogP contribution in [0.25, 0.3) is 0 Å². The zero-order valence-electron chi connectivity index (χ0n) is 8.58. The predicted molar refractivity (Wildman–Crippen MR) is 46.2 cm³/mol. The molecule has 0 aromatic rings. The lowest BCUT2D eigenvalue weighted by Crippen LogP contribution is -2.61. The van der Waals surface area contributed by atoms with Crippen molar-refractivity contribution in [1.29, 1.82) is 0 Å². The molecule has 0 heterocycles. The Hall–Kier alpha value is -2.60. The number of nitrogens with zero attached hydrogens (tertiary/aromatic N) is 5. The lowest BCUT2D eigenvalue weighted by molar-refractivity contribution is -1.000. The van der Waals surface area contributed by atoms with Crippen LogP contribution in [0.15, 0.2) is 5.11 Å². The number of hydrogen-bond acceptors (Lipinski definition) is 9. The molecule has 0 aromatic carbocycles. The van der Waals surface area contributed by atoms with Crippen molar-refractivity contribution in [2.45, 2.75) is 18.8 Å². The first-order valence-corrected chi connectivity index (χ1v) is 3.88. The van der Waals surface area contributed by atoms with Crippen LogP contribution < -0.4 is 0 Å². The molecule has 0 aliphatic heterocycles. The van der Waals surface area contributed by atoms with Crippen LogP contribution in [0.4, 0.5) is 0 Å². The minimum Gasteiger partial charge on any atom is -0.589 e. The molecular weight excluding hydrogens is 246 g/mol. The van der Waals surface area contributed by atoms with Gasteiger partial charge in [0.15, 0.2) is 9.85 Å². The van der Waals surface area contributed by atoms with E-state index >= 15 is 0 Å². The largest absolute Gasteiger partial charge is 0.707 e. The fraction of sp³-hybridized carbons (Fsp3) is 1.00. The van der Waals surface area contributed by atoms with Crippen molar-refractivity contribution in [2.75, 3.05) is 7.05 Å². The summed E-state index contributed by atoms with van der Waals surface area (Å²) in [5.41, 5.74) is 0. The molecule has 0 aromatic heterocycles. The Morgan fingerprint density at radius 1 is 1.12 bits per heavy atom. The standard InChI is InChI=1S/C4H7N5O8/c1-3(17-9(15)16)4(7(11)12,8(13)14)6(10)5-2/h3H,1-2H3. The molecule has 1 unspecified atom stereocenters. The summed E-state index contributed by atoms with van der Waals surface area (Å²) < 4.78 is 0. The molecule has 0 rings (SSSR count). The first kappa shape index (κ1) is 14.4. The molecular formula is C4H7N5O8. The highest BCUT2D eigenvalue weighted by molar-refractivity contribution is 4.61. The molecule has 13 nitrogen and oxygen atoms in total. The van der Waals surface area contributed by atoms with Gasteiger partial charge in [-0.1, -0.05) is 0 Å². The quantitative estimate of drug-likeness (QED) is 0.197. The van der Waals surface area contributed by atoms with Crippen LogP contribution in [-0.2, 0) is 4.84 Å². The van der Waals surface area contributed by atoms with Gasteiger partial charge in [-0.2, -0.15) is 0 Å². The van der Waals surface area contributed by atoms with E-state index in [1.807, 2.05) is 0 Å². The van der Waals surface area contributed by atoms with Gasteiger partial charge in [0.1, 0.15) is 0 Å². The van der Waals surface area contributed by atoms with E-state index in [2.05, 4.69) is 9.95 Å². The Labute approximate surface area is 92.3 Å². The van der Waals surface area contributed by atoms with E-state index in [0.717, 1.165) is 7.05 Å². The van der Waals surface area contributed by atoms with Crippen LogP contribution >= 0.6 is 0 Å². The van der Waals surface area contributed by atoms with Crippen molar-refractivity contribution in [2.24, 2.45) is 5.11 Å². The summed E-state index contributed by atoms with van der Waals surface area (Å²) in [4.78, 5) is 30.9. The summed E-state index contributed by atoms with van der Waals surface area (Å²) in [6, 6.07) is 0. The number of nitro groups is 2. The molecule has 1 atom stereocenters. The highest BCUT2D eigenvalue weighted by Gasteiger charge is 2.75. The Morgan fingerprint density at radius 2 is 1.53 bits per heavy atom. The maximum atomic E-state index is 11.1. The SMILES string of the molecule is CN=[N+]([O-])C(C(C)O[N+](=O)[O-])([N+](=O)[O-])[N+](=O)[O-]. The molecule has 0 amide bonds. The third-order valence-electron chi connectivity index (χ3n) is 1.79. The van der Waals surface area contributed by atoms with Crippen molar-refractivity contribution in [1.82, 2.24) is 0 Å². The number of azo groups is 1. The third kappa shape index (κ3) is 2.32. The molecule has 13 heteroatoms. The van der Waals surface area contributed by atoms with E-state index < -0.39 is 31.7 Å². The van der Waals surface area contributed by atoms with Gasteiger partial charge in [-0.05, 0) is 12.0 Å². The first-order valence-electron chi connectivity index (χ1n) is 3.88. The van der Waals surface area contributed by atoms with Crippen LogP contribution in [0.2, 0.25) is 0 Å². The van der Waals surface area contributed by atoms with E-state index in [1.54, 1.807) is 0 Å².